The fourth-order valence-electron chi connectivity index (χ4n) is 1.35. The molecule has 3 nitrogen and oxygen atoms in total. The Morgan fingerprint density at radius 2 is 2.20 bits per heavy atom. The number of thiophene rings is 1. The monoisotopic (exact) mass is 222 g/mol. The number of hydrogen-bond donors (Lipinski definition) is 1. The summed E-state index contributed by atoms with van der Waals surface area (Å²) in [6.07, 6.45) is 4.24. The molecule has 2 aromatic rings. The topological polar surface area (TPSA) is 38.1 Å². The van der Waals surface area contributed by atoms with Gasteiger partial charge in [0.15, 0.2) is 6.39 Å². The molecular weight excluding hydrogens is 208 g/mol. The molecule has 0 amide bonds. The van der Waals surface area contributed by atoms with Gasteiger partial charge in [0, 0.05) is 22.8 Å². The van der Waals surface area contributed by atoms with E-state index < -0.39 is 0 Å². The Kier molecular flexibility index (Phi) is 3.53. The summed E-state index contributed by atoms with van der Waals surface area (Å²) in [6.45, 7) is 3.84. The summed E-state index contributed by atoms with van der Waals surface area (Å²) in [4.78, 5) is 6.85. The average molecular weight is 222 g/mol. The second-order valence-corrected chi connectivity index (χ2v) is 4.56. The van der Waals surface area contributed by atoms with E-state index in [1.54, 1.807) is 6.26 Å². The van der Waals surface area contributed by atoms with E-state index in [2.05, 4.69) is 29.4 Å². The van der Waals surface area contributed by atoms with Gasteiger partial charge < -0.3 is 9.73 Å². The highest BCUT2D eigenvalue weighted by Crippen LogP contribution is 2.16. The summed E-state index contributed by atoms with van der Waals surface area (Å²) in [7, 11) is 0. The first-order chi connectivity index (χ1) is 7.38. The Balaban J connectivity index is 1.78. The van der Waals surface area contributed by atoms with Crippen LogP contribution in [0.4, 0.5) is 0 Å². The van der Waals surface area contributed by atoms with E-state index in [0.717, 1.165) is 25.2 Å². The van der Waals surface area contributed by atoms with Gasteiger partial charge in [-0.05, 0) is 18.6 Å². The predicted octanol–water partition coefficient (Wildman–Crippen LogP) is 2.59. The van der Waals surface area contributed by atoms with Gasteiger partial charge in [-0.15, -0.1) is 11.3 Å². The maximum absolute atomic E-state index is 4.89. The van der Waals surface area contributed by atoms with Crippen LogP contribution in [0.15, 0.2) is 29.2 Å². The number of aryl methyl sites for hydroxylation is 1. The molecule has 0 fully saturated rings. The van der Waals surface area contributed by atoms with E-state index in [-0.39, 0.29) is 0 Å². The standard InChI is InChI=1S/C11H14N2OS/c1-2-10-3-4-11(15-10)6-12-5-9-7-14-8-13-9/h3-4,7-8,12H,2,5-6H2,1H3. The molecule has 0 saturated heterocycles. The van der Waals surface area contributed by atoms with Gasteiger partial charge in [-0.25, -0.2) is 4.98 Å². The molecular formula is C11H14N2OS. The van der Waals surface area contributed by atoms with Crippen molar-refractivity contribution in [2.24, 2.45) is 0 Å². The smallest absolute Gasteiger partial charge is 0.180 e. The molecule has 0 unspecified atom stereocenters. The van der Waals surface area contributed by atoms with E-state index in [4.69, 9.17) is 4.42 Å². The Morgan fingerprint density at radius 1 is 1.33 bits per heavy atom. The second-order valence-electron chi connectivity index (χ2n) is 3.30. The molecule has 2 aromatic heterocycles. The molecule has 15 heavy (non-hydrogen) atoms. The summed E-state index contributed by atoms with van der Waals surface area (Å²) in [5, 5.41) is 3.33. The van der Waals surface area contributed by atoms with Gasteiger partial charge in [0.1, 0.15) is 6.26 Å². The summed E-state index contributed by atoms with van der Waals surface area (Å²) in [5.74, 6) is 0. The summed E-state index contributed by atoms with van der Waals surface area (Å²) in [6, 6.07) is 4.37. The van der Waals surface area contributed by atoms with Gasteiger partial charge in [0.05, 0.1) is 5.69 Å². The third-order valence-corrected chi connectivity index (χ3v) is 3.38. The third kappa shape index (κ3) is 2.91. The zero-order valence-corrected chi connectivity index (χ0v) is 9.51. The van der Waals surface area contributed by atoms with Crippen molar-refractivity contribution in [2.45, 2.75) is 26.4 Å². The van der Waals surface area contributed by atoms with Crippen LogP contribution in [0.25, 0.3) is 0 Å². The molecule has 0 aromatic carbocycles. The lowest BCUT2D eigenvalue weighted by molar-refractivity contribution is 0.554. The van der Waals surface area contributed by atoms with Crippen molar-refractivity contribution in [3.63, 3.8) is 0 Å². The predicted molar refractivity (Wildman–Crippen MR) is 60.7 cm³/mol. The zero-order chi connectivity index (χ0) is 10.5. The second kappa shape index (κ2) is 5.09. The molecule has 4 heteroatoms. The van der Waals surface area contributed by atoms with Crippen molar-refractivity contribution < 1.29 is 4.42 Å². The van der Waals surface area contributed by atoms with Gasteiger partial charge in [0.25, 0.3) is 0 Å². The van der Waals surface area contributed by atoms with E-state index in [0.29, 0.717) is 0 Å². The number of nitrogens with one attached hydrogen (secondary N) is 1. The van der Waals surface area contributed by atoms with Crippen LogP contribution >= 0.6 is 11.3 Å². The highest BCUT2D eigenvalue weighted by molar-refractivity contribution is 7.11. The van der Waals surface area contributed by atoms with Crippen molar-refractivity contribution in [3.8, 4) is 0 Å². The summed E-state index contributed by atoms with van der Waals surface area (Å²) < 4.78 is 4.89. The number of aromatic nitrogens is 1. The van der Waals surface area contributed by atoms with Crippen molar-refractivity contribution in [3.05, 3.63) is 40.2 Å². The fourth-order valence-corrected chi connectivity index (χ4v) is 2.27. The van der Waals surface area contributed by atoms with Crippen LogP contribution in [0.3, 0.4) is 0 Å². The van der Waals surface area contributed by atoms with Crippen LogP contribution in [-0.2, 0) is 19.5 Å². The van der Waals surface area contributed by atoms with Crippen LogP contribution < -0.4 is 5.32 Å². The highest BCUT2D eigenvalue weighted by atomic mass is 32.1. The Hall–Kier alpha value is -1.13. The molecule has 1 N–H and O–H groups in total. The molecule has 2 heterocycles. The molecule has 0 aliphatic carbocycles. The molecule has 0 radical (unpaired) electrons. The zero-order valence-electron chi connectivity index (χ0n) is 8.69. The van der Waals surface area contributed by atoms with Gasteiger partial charge in [0.2, 0.25) is 0 Å². The quantitative estimate of drug-likeness (QED) is 0.845. The van der Waals surface area contributed by atoms with Crippen molar-refractivity contribution in [1.82, 2.24) is 10.3 Å². The van der Waals surface area contributed by atoms with Crippen LogP contribution in [0.5, 0.6) is 0 Å². The first kappa shape index (κ1) is 10.4. The lowest BCUT2D eigenvalue weighted by Gasteiger charge is -1.98. The number of nitrogens with zero attached hydrogens (tertiary/aromatic N) is 1. The first-order valence-corrected chi connectivity index (χ1v) is 5.85. The number of oxazole rings is 1. The molecule has 0 spiro atoms. The Labute approximate surface area is 93.2 Å². The first-order valence-electron chi connectivity index (χ1n) is 5.04. The molecule has 0 aliphatic heterocycles. The maximum Gasteiger partial charge on any atom is 0.180 e. The van der Waals surface area contributed by atoms with Crippen molar-refractivity contribution in [1.29, 1.82) is 0 Å². The molecule has 0 bridgehead atoms. The van der Waals surface area contributed by atoms with E-state index in [9.17, 15) is 0 Å². The largest absolute Gasteiger partial charge is 0.451 e. The summed E-state index contributed by atoms with van der Waals surface area (Å²) in [5.41, 5.74) is 0.947. The van der Waals surface area contributed by atoms with E-state index in [1.807, 2.05) is 11.3 Å². The lowest BCUT2D eigenvalue weighted by atomic mass is 10.3. The van der Waals surface area contributed by atoms with E-state index >= 15 is 0 Å². The lowest BCUT2D eigenvalue weighted by Crippen LogP contribution is -2.11. The van der Waals surface area contributed by atoms with Gasteiger partial charge in [-0.2, -0.15) is 0 Å². The fraction of sp³-hybridized carbons (Fsp3) is 0.364. The van der Waals surface area contributed by atoms with Gasteiger partial charge in [-0.1, -0.05) is 6.92 Å². The van der Waals surface area contributed by atoms with Crippen molar-refractivity contribution >= 4 is 11.3 Å². The average Bonchev–Trinajstić information content (AvgIpc) is 2.88. The minimum Gasteiger partial charge on any atom is -0.451 e. The Morgan fingerprint density at radius 3 is 2.87 bits per heavy atom. The third-order valence-electron chi connectivity index (χ3n) is 2.15. The van der Waals surface area contributed by atoms with Crippen LogP contribution in [0, 0.1) is 0 Å². The molecule has 2 rings (SSSR count). The Bertz CT molecular complexity index is 394. The van der Waals surface area contributed by atoms with Crippen molar-refractivity contribution in [2.75, 3.05) is 0 Å². The van der Waals surface area contributed by atoms with Gasteiger partial charge >= 0.3 is 0 Å². The molecule has 0 saturated carbocycles. The number of hydrogen-bond acceptors (Lipinski definition) is 4. The number of rotatable bonds is 5. The maximum atomic E-state index is 4.89. The van der Waals surface area contributed by atoms with Crippen LogP contribution in [0.2, 0.25) is 0 Å². The minimum atomic E-state index is 0.760. The molecule has 0 aliphatic rings. The normalized spacial score (nSPS) is 10.7. The van der Waals surface area contributed by atoms with Crippen LogP contribution in [-0.4, -0.2) is 4.98 Å². The van der Waals surface area contributed by atoms with Gasteiger partial charge in [-0.3, -0.25) is 0 Å². The molecule has 0 atom stereocenters. The van der Waals surface area contributed by atoms with E-state index in [1.165, 1.54) is 16.1 Å². The SMILES string of the molecule is CCc1ccc(CNCc2cocn2)s1. The van der Waals surface area contributed by atoms with Crippen LogP contribution in [0.1, 0.15) is 22.4 Å². The molecule has 80 valence electrons. The summed E-state index contributed by atoms with van der Waals surface area (Å²) >= 11 is 1.86. The minimum absolute atomic E-state index is 0.760. The highest BCUT2D eigenvalue weighted by Gasteiger charge is 1.99.